The van der Waals surface area contributed by atoms with Gasteiger partial charge >= 0.3 is 0 Å². The lowest BCUT2D eigenvalue weighted by Gasteiger charge is -2.19. The molecule has 2 aromatic rings. The molecule has 3 rings (SSSR count). The van der Waals surface area contributed by atoms with Gasteiger partial charge in [-0.2, -0.15) is 5.10 Å². The van der Waals surface area contributed by atoms with E-state index in [4.69, 9.17) is 16.3 Å². The van der Waals surface area contributed by atoms with E-state index in [1.165, 1.54) is 0 Å². The number of ether oxygens (including phenoxy) is 1. The number of halogens is 1. The van der Waals surface area contributed by atoms with E-state index in [0.29, 0.717) is 17.5 Å². The number of aryl methyl sites for hydroxylation is 1. The number of aromatic nitrogens is 3. The van der Waals surface area contributed by atoms with E-state index in [1.807, 2.05) is 20.2 Å². The first kappa shape index (κ1) is 13.6. The summed E-state index contributed by atoms with van der Waals surface area (Å²) in [5.41, 5.74) is 0.763. The minimum Gasteiger partial charge on any atom is -0.474 e. The molecule has 0 bridgehead atoms. The van der Waals surface area contributed by atoms with Crippen LogP contribution >= 0.6 is 11.6 Å². The Morgan fingerprint density at radius 3 is 3.10 bits per heavy atom. The third-order valence-electron chi connectivity index (χ3n) is 3.65. The van der Waals surface area contributed by atoms with Gasteiger partial charge in [0, 0.05) is 31.8 Å². The number of rotatable bonds is 3. The molecule has 1 aliphatic rings. The first-order chi connectivity index (χ1) is 9.52. The maximum absolute atomic E-state index is 9.52. The van der Waals surface area contributed by atoms with Crippen LogP contribution in [-0.4, -0.2) is 38.7 Å². The van der Waals surface area contributed by atoms with Gasteiger partial charge in [-0.3, -0.25) is 10.00 Å². The largest absolute Gasteiger partial charge is 0.474 e. The second kappa shape index (κ2) is 5.20. The summed E-state index contributed by atoms with van der Waals surface area (Å²) < 4.78 is 7.66. The number of nitrogens with one attached hydrogen (secondary N) is 1. The van der Waals surface area contributed by atoms with Crippen LogP contribution in [0.25, 0.3) is 10.9 Å². The van der Waals surface area contributed by atoms with Crippen molar-refractivity contribution in [1.82, 2.24) is 20.1 Å². The summed E-state index contributed by atoms with van der Waals surface area (Å²) in [6.07, 6.45) is 2.03. The molecule has 6 nitrogen and oxygen atoms in total. The molecule has 0 amide bonds. The third kappa shape index (κ3) is 2.59. The fourth-order valence-corrected chi connectivity index (χ4v) is 2.72. The van der Waals surface area contributed by atoms with Gasteiger partial charge in [-0.15, -0.1) is 0 Å². The van der Waals surface area contributed by atoms with Gasteiger partial charge in [-0.05, 0) is 13.3 Å². The smallest absolute Gasteiger partial charge is 0.226 e. The van der Waals surface area contributed by atoms with E-state index in [9.17, 15) is 5.11 Å². The van der Waals surface area contributed by atoms with Gasteiger partial charge in [0.25, 0.3) is 0 Å². The molecule has 20 heavy (non-hydrogen) atoms. The van der Waals surface area contributed by atoms with Crippen LogP contribution in [0.4, 0.5) is 0 Å². The highest BCUT2D eigenvalue weighted by atomic mass is 35.5. The normalized spacial score (nSPS) is 24.2. The van der Waals surface area contributed by atoms with Crippen LogP contribution in [0, 0.1) is 5.92 Å². The first-order valence-electron chi connectivity index (χ1n) is 6.61. The SMILES string of the molecule is C[C@@H](Oc1nc(Cl)cc2nn(C)cc12)[C@H]1CNC(O)C1. The Labute approximate surface area is 121 Å². The van der Waals surface area contributed by atoms with Crippen molar-refractivity contribution in [3.05, 3.63) is 17.4 Å². The third-order valence-corrected chi connectivity index (χ3v) is 3.85. The summed E-state index contributed by atoms with van der Waals surface area (Å²) in [6, 6.07) is 1.72. The van der Waals surface area contributed by atoms with Crippen LogP contribution in [0.1, 0.15) is 13.3 Å². The van der Waals surface area contributed by atoms with E-state index >= 15 is 0 Å². The zero-order valence-electron chi connectivity index (χ0n) is 11.4. The molecule has 0 saturated carbocycles. The predicted octanol–water partition coefficient (Wildman–Crippen LogP) is 1.32. The van der Waals surface area contributed by atoms with Crippen LogP contribution in [0.3, 0.4) is 0 Å². The van der Waals surface area contributed by atoms with E-state index < -0.39 is 6.23 Å². The lowest BCUT2D eigenvalue weighted by atomic mass is 10.0. The topological polar surface area (TPSA) is 72.2 Å². The van der Waals surface area contributed by atoms with E-state index in [0.717, 1.165) is 17.4 Å². The fraction of sp³-hybridized carbons (Fsp3) is 0.538. The van der Waals surface area contributed by atoms with Crippen molar-refractivity contribution >= 4 is 22.5 Å². The van der Waals surface area contributed by atoms with Crippen LogP contribution in [0.15, 0.2) is 12.3 Å². The molecule has 2 aromatic heterocycles. The van der Waals surface area contributed by atoms with Gasteiger partial charge in [0.1, 0.15) is 23.0 Å². The quantitative estimate of drug-likeness (QED) is 0.836. The number of aliphatic hydroxyl groups is 1. The Hall–Kier alpha value is -1.37. The molecule has 0 radical (unpaired) electrons. The highest BCUT2D eigenvalue weighted by molar-refractivity contribution is 6.30. The molecule has 2 N–H and O–H groups in total. The second-order valence-corrected chi connectivity index (χ2v) is 5.62. The lowest BCUT2D eigenvalue weighted by Crippen LogP contribution is -2.26. The highest BCUT2D eigenvalue weighted by Gasteiger charge is 2.29. The summed E-state index contributed by atoms with van der Waals surface area (Å²) in [6.45, 7) is 2.72. The Kier molecular flexibility index (Phi) is 3.54. The second-order valence-electron chi connectivity index (χ2n) is 5.23. The average molecular weight is 297 g/mol. The van der Waals surface area contributed by atoms with Gasteiger partial charge in [-0.1, -0.05) is 11.6 Å². The summed E-state index contributed by atoms with van der Waals surface area (Å²) in [5, 5.41) is 18.0. The molecular formula is C13H17ClN4O2. The molecule has 1 unspecified atom stereocenters. The summed E-state index contributed by atoms with van der Waals surface area (Å²) in [4.78, 5) is 4.25. The van der Waals surface area contributed by atoms with Crippen LogP contribution in [0.5, 0.6) is 5.88 Å². The molecule has 3 heterocycles. The number of hydrogen-bond donors (Lipinski definition) is 2. The van der Waals surface area contributed by atoms with E-state index in [2.05, 4.69) is 15.4 Å². The molecule has 0 aromatic carbocycles. The predicted molar refractivity (Wildman–Crippen MR) is 75.7 cm³/mol. The zero-order valence-corrected chi connectivity index (χ0v) is 12.1. The number of fused-ring (bicyclic) bond motifs is 1. The van der Waals surface area contributed by atoms with Crippen molar-refractivity contribution in [1.29, 1.82) is 0 Å². The van der Waals surface area contributed by atoms with Crippen molar-refractivity contribution < 1.29 is 9.84 Å². The van der Waals surface area contributed by atoms with Gasteiger partial charge in [0.05, 0.1) is 5.39 Å². The van der Waals surface area contributed by atoms with Crippen molar-refractivity contribution in [2.24, 2.45) is 13.0 Å². The lowest BCUT2D eigenvalue weighted by molar-refractivity contribution is 0.125. The Balaban J connectivity index is 1.86. The van der Waals surface area contributed by atoms with Crippen molar-refractivity contribution in [3.63, 3.8) is 0 Å². The van der Waals surface area contributed by atoms with Gasteiger partial charge in [-0.25, -0.2) is 4.98 Å². The monoisotopic (exact) mass is 296 g/mol. The zero-order chi connectivity index (χ0) is 14.3. The molecule has 1 fully saturated rings. The molecular weight excluding hydrogens is 280 g/mol. The minimum atomic E-state index is -0.447. The summed E-state index contributed by atoms with van der Waals surface area (Å²) in [5.74, 6) is 0.743. The minimum absolute atomic E-state index is 0.0611. The number of hydrogen-bond acceptors (Lipinski definition) is 5. The Bertz CT molecular complexity index is 630. The van der Waals surface area contributed by atoms with Crippen LogP contribution in [0.2, 0.25) is 5.15 Å². The molecule has 1 saturated heterocycles. The van der Waals surface area contributed by atoms with Gasteiger partial charge in [0.2, 0.25) is 5.88 Å². The fourth-order valence-electron chi connectivity index (χ4n) is 2.54. The van der Waals surface area contributed by atoms with Crippen molar-refractivity contribution in [2.45, 2.75) is 25.7 Å². The molecule has 3 atom stereocenters. The maximum atomic E-state index is 9.52. The molecule has 7 heteroatoms. The van der Waals surface area contributed by atoms with Crippen LogP contribution in [-0.2, 0) is 7.05 Å². The number of nitrogens with zero attached hydrogens (tertiary/aromatic N) is 3. The maximum Gasteiger partial charge on any atom is 0.226 e. The van der Waals surface area contributed by atoms with Gasteiger partial charge < -0.3 is 9.84 Å². The molecule has 0 spiro atoms. The van der Waals surface area contributed by atoms with Crippen molar-refractivity contribution in [2.75, 3.05) is 6.54 Å². The standard InChI is InChI=1S/C13H17ClN4O2/c1-7(8-3-12(19)15-5-8)20-13-9-6-18(2)17-10(9)4-11(14)16-13/h4,6-8,12,15,19H,3,5H2,1-2H3/t7-,8-,12?/m1/s1. The van der Waals surface area contributed by atoms with E-state index in [-0.39, 0.29) is 12.0 Å². The molecule has 1 aliphatic heterocycles. The van der Waals surface area contributed by atoms with Gasteiger partial charge in [0.15, 0.2) is 0 Å². The Morgan fingerprint density at radius 2 is 2.40 bits per heavy atom. The molecule has 0 aliphatic carbocycles. The Morgan fingerprint density at radius 1 is 1.60 bits per heavy atom. The summed E-state index contributed by atoms with van der Waals surface area (Å²) >= 11 is 6.01. The number of pyridine rings is 1. The van der Waals surface area contributed by atoms with Crippen molar-refractivity contribution in [3.8, 4) is 5.88 Å². The summed E-state index contributed by atoms with van der Waals surface area (Å²) in [7, 11) is 1.85. The van der Waals surface area contributed by atoms with E-state index in [1.54, 1.807) is 10.7 Å². The average Bonchev–Trinajstić information content (AvgIpc) is 2.94. The first-order valence-corrected chi connectivity index (χ1v) is 6.98. The highest BCUT2D eigenvalue weighted by Crippen LogP contribution is 2.28. The molecule has 108 valence electrons. The number of aliphatic hydroxyl groups excluding tert-OH is 1. The van der Waals surface area contributed by atoms with Crippen LogP contribution < -0.4 is 10.1 Å².